The lowest BCUT2D eigenvalue weighted by atomic mass is 10.6. The zero-order valence-electron chi connectivity index (χ0n) is 3.46. The van der Waals surface area contributed by atoms with Crippen molar-refractivity contribution in [2.24, 2.45) is 5.16 Å². The Bertz CT molecular complexity index is 95.9. The number of carbonyl (C=O) groups excluding carboxylic acids is 1. The fraction of sp³-hybridized carbons (Fsp3) is 0. The second-order valence-corrected chi connectivity index (χ2v) is 0.680. The summed E-state index contributed by atoms with van der Waals surface area (Å²) in [6, 6.07) is 0. The van der Waals surface area contributed by atoms with Gasteiger partial charge in [0.2, 0.25) is 6.29 Å². The molecular weight excluding hydrogens is 94.0 g/mol. The maximum atomic E-state index is 9.30. The second kappa shape index (κ2) is 4.88. The summed E-state index contributed by atoms with van der Waals surface area (Å²) in [5.41, 5.74) is 0. The van der Waals surface area contributed by atoms with Crippen LogP contribution in [0.15, 0.2) is 17.3 Å². The van der Waals surface area contributed by atoms with Gasteiger partial charge in [-0.05, 0) is 12.2 Å². The summed E-state index contributed by atoms with van der Waals surface area (Å²) >= 11 is 0. The van der Waals surface area contributed by atoms with Crippen molar-refractivity contribution < 1.29 is 10.0 Å². The van der Waals surface area contributed by atoms with Gasteiger partial charge in [-0.2, -0.15) is 0 Å². The molecule has 0 fully saturated rings. The second-order valence-electron chi connectivity index (χ2n) is 0.680. The van der Waals surface area contributed by atoms with E-state index in [0.717, 1.165) is 12.2 Å². The molecule has 0 bridgehead atoms. The Morgan fingerprint density at radius 1 is 1.57 bits per heavy atom. The predicted octanol–water partition coefficient (Wildman–Crippen LogP) is -0.0107. The summed E-state index contributed by atoms with van der Waals surface area (Å²) < 4.78 is 0. The maximum Gasteiger partial charge on any atom is 0.225 e. The zero-order valence-corrected chi connectivity index (χ0v) is 3.46. The van der Waals surface area contributed by atoms with E-state index in [4.69, 9.17) is 5.21 Å². The molecule has 0 aliphatic rings. The van der Waals surface area contributed by atoms with Crippen LogP contribution in [-0.2, 0) is 4.79 Å². The van der Waals surface area contributed by atoms with E-state index in [1.165, 1.54) is 6.29 Å². The van der Waals surface area contributed by atoms with Crippen molar-refractivity contribution in [3.05, 3.63) is 12.2 Å². The number of rotatable bonds is 2. The van der Waals surface area contributed by atoms with Gasteiger partial charge >= 0.3 is 0 Å². The largest absolute Gasteiger partial charge is 0.410 e. The molecule has 0 aliphatic carbocycles. The monoisotopic (exact) mass is 97.0 g/mol. The van der Waals surface area contributed by atoms with Crippen LogP contribution in [0.2, 0.25) is 0 Å². The highest BCUT2D eigenvalue weighted by Crippen LogP contribution is 1.58. The number of hydrogen-bond acceptors (Lipinski definition) is 3. The average molecular weight is 97.1 g/mol. The summed E-state index contributed by atoms with van der Waals surface area (Å²) in [6.45, 7) is 0. The molecule has 0 aliphatic heterocycles. The Hall–Kier alpha value is -1.12. The molecule has 0 rings (SSSR count). The maximum absolute atomic E-state index is 9.30. The zero-order chi connectivity index (χ0) is 5.54. The molecule has 0 amide bonds. The van der Waals surface area contributed by atoms with Gasteiger partial charge in [-0.3, -0.25) is 4.79 Å². The van der Waals surface area contributed by atoms with Crippen molar-refractivity contribution in [1.82, 2.24) is 0 Å². The number of allylic oxidation sites excluding steroid dienone is 2. The highest BCUT2D eigenvalue weighted by molar-refractivity contribution is 5.78. The first-order valence-corrected chi connectivity index (χ1v) is 1.54. The Balaban J connectivity index is 3.27. The molecule has 0 atom stereocenters. The first kappa shape index (κ1) is 5.88. The SMILES string of the molecule is O=[C]/C=C\[C]=N\O. The van der Waals surface area contributed by atoms with Gasteiger partial charge in [0.1, 0.15) is 6.21 Å². The fourth-order valence-electron chi connectivity index (χ4n) is 0.105. The van der Waals surface area contributed by atoms with Crippen LogP contribution < -0.4 is 0 Å². The lowest BCUT2D eigenvalue weighted by molar-refractivity contribution is 0.322. The third-order valence-corrected chi connectivity index (χ3v) is 0.284. The van der Waals surface area contributed by atoms with Crippen molar-refractivity contribution in [3.8, 4) is 0 Å². The molecule has 0 aromatic heterocycles. The van der Waals surface area contributed by atoms with Crippen LogP contribution in [0.5, 0.6) is 0 Å². The molecule has 36 valence electrons. The minimum absolute atomic E-state index is 1.04. The highest BCUT2D eigenvalue weighted by Gasteiger charge is 1.61. The van der Waals surface area contributed by atoms with E-state index in [1.54, 1.807) is 0 Å². The van der Waals surface area contributed by atoms with Gasteiger partial charge in [-0.15, -0.1) is 0 Å². The molecule has 7 heavy (non-hydrogen) atoms. The Kier molecular flexibility index (Phi) is 4.10. The normalized spacial score (nSPS) is 10.9. The molecule has 2 radical (unpaired) electrons. The highest BCUT2D eigenvalue weighted by atomic mass is 16.4. The summed E-state index contributed by atoms with van der Waals surface area (Å²) in [6.07, 6.45) is 5.61. The molecule has 3 heteroatoms. The molecule has 0 aromatic rings. The minimum Gasteiger partial charge on any atom is -0.410 e. The molecule has 0 saturated heterocycles. The molecule has 1 N–H and O–H groups in total. The number of nitrogens with zero attached hydrogens (tertiary/aromatic N) is 1. The van der Waals surface area contributed by atoms with E-state index in [-0.39, 0.29) is 0 Å². The molecule has 0 spiro atoms. The smallest absolute Gasteiger partial charge is 0.225 e. The van der Waals surface area contributed by atoms with E-state index < -0.39 is 0 Å². The summed E-state index contributed by atoms with van der Waals surface area (Å²) in [5.74, 6) is 0. The van der Waals surface area contributed by atoms with Gasteiger partial charge in [0.15, 0.2) is 0 Å². The summed E-state index contributed by atoms with van der Waals surface area (Å²) in [4.78, 5) is 9.30. The van der Waals surface area contributed by atoms with E-state index in [9.17, 15) is 4.79 Å². The average Bonchev–Trinajstić information content (AvgIpc) is 1.69. The first-order chi connectivity index (χ1) is 3.41. The first-order valence-electron chi connectivity index (χ1n) is 1.54. The number of hydrogen-bond donors (Lipinski definition) is 1. The minimum atomic E-state index is 1.04. The van der Waals surface area contributed by atoms with Crippen molar-refractivity contribution in [1.29, 1.82) is 0 Å². The third-order valence-electron chi connectivity index (χ3n) is 0.284. The van der Waals surface area contributed by atoms with Crippen LogP contribution >= 0.6 is 0 Å². The summed E-state index contributed by atoms with van der Waals surface area (Å²) in [5, 5.41) is 10.1. The molecule has 3 nitrogen and oxygen atoms in total. The Morgan fingerprint density at radius 3 is 2.71 bits per heavy atom. The van der Waals surface area contributed by atoms with Gasteiger partial charge in [0.05, 0.1) is 0 Å². The van der Waals surface area contributed by atoms with Crippen LogP contribution in [0.25, 0.3) is 0 Å². The van der Waals surface area contributed by atoms with Crippen molar-refractivity contribution in [2.75, 3.05) is 0 Å². The van der Waals surface area contributed by atoms with E-state index in [1.807, 2.05) is 6.21 Å². The Morgan fingerprint density at radius 2 is 2.29 bits per heavy atom. The van der Waals surface area contributed by atoms with Crippen LogP contribution in [-0.4, -0.2) is 17.7 Å². The van der Waals surface area contributed by atoms with Gasteiger partial charge in [-0.25, -0.2) is 0 Å². The molecule has 0 heterocycles. The molecule has 0 unspecified atom stereocenters. The van der Waals surface area contributed by atoms with Crippen molar-refractivity contribution >= 4 is 12.5 Å². The van der Waals surface area contributed by atoms with Gasteiger partial charge < -0.3 is 5.21 Å². The van der Waals surface area contributed by atoms with E-state index in [0.29, 0.717) is 0 Å². The lowest BCUT2D eigenvalue weighted by Gasteiger charge is -1.60. The van der Waals surface area contributed by atoms with Gasteiger partial charge in [0.25, 0.3) is 0 Å². The van der Waals surface area contributed by atoms with Crippen LogP contribution in [0.4, 0.5) is 0 Å². The van der Waals surface area contributed by atoms with E-state index in [2.05, 4.69) is 5.16 Å². The van der Waals surface area contributed by atoms with E-state index >= 15 is 0 Å². The molecule has 0 saturated carbocycles. The third kappa shape index (κ3) is 4.88. The standard InChI is InChI=1S/C4H3NO2/c6-4-2-1-3-5-7/h1-2,7H/b2-1-,5-3?. The van der Waals surface area contributed by atoms with Crippen molar-refractivity contribution in [2.45, 2.75) is 0 Å². The fourth-order valence-corrected chi connectivity index (χ4v) is 0.105. The summed E-state index contributed by atoms with van der Waals surface area (Å²) in [7, 11) is 0. The Labute approximate surface area is 40.9 Å². The van der Waals surface area contributed by atoms with Crippen LogP contribution in [0.3, 0.4) is 0 Å². The quantitative estimate of drug-likeness (QED) is 0.228. The van der Waals surface area contributed by atoms with Crippen LogP contribution in [0, 0.1) is 0 Å². The molecular formula is C4H3NO2. The lowest BCUT2D eigenvalue weighted by Crippen LogP contribution is -1.62. The molecule has 0 aromatic carbocycles. The topological polar surface area (TPSA) is 49.7 Å². The van der Waals surface area contributed by atoms with Crippen molar-refractivity contribution in [3.63, 3.8) is 0 Å². The van der Waals surface area contributed by atoms with Crippen LogP contribution in [0.1, 0.15) is 0 Å². The van der Waals surface area contributed by atoms with Gasteiger partial charge in [-0.1, -0.05) is 5.16 Å². The predicted molar refractivity (Wildman–Crippen MR) is 24.1 cm³/mol. The van der Waals surface area contributed by atoms with Gasteiger partial charge in [0, 0.05) is 0 Å².